The highest BCUT2D eigenvalue weighted by Crippen LogP contribution is 2.61. The fraction of sp³-hybridized carbons (Fsp3) is 0.438. The number of carbonyl (C=O) groups is 2. The minimum atomic E-state index is -0.441. The van der Waals surface area contributed by atoms with Gasteiger partial charge in [0, 0.05) is 18.7 Å². The molecule has 2 aliphatic carbocycles. The number of carbonyl (C=O) groups excluding carboxylic acids is 2. The van der Waals surface area contributed by atoms with E-state index in [9.17, 15) is 9.59 Å². The van der Waals surface area contributed by atoms with E-state index in [-0.39, 0.29) is 17.8 Å². The molecular formula is C16H16N2O3. The standard InChI is InChI=1S/C16H16N2O3/c1-18-10-4-3-7-17-13(10)16-6-5-9(8-16)11(15(20)21-2)12(16)14(18)19/h3-7,9,11-12H,8H2,1-2H3/t9?,11-,12-,16?/m0/s1. The van der Waals surface area contributed by atoms with E-state index < -0.39 is 17.3 Å². The summed E-state index contributed by atoms with van der Waals surface area (Å²) in [7, 11) is 3.13. The first-order valence-corrected chi connectivity index (χ1v) is 7.10. The second-order valence-corrected chi connectivity index (χ2v) is 6.06. The Morgan fingerprint density at radius 1 is 1.52 bits per heavy atom. The van der Waals surface area contributed by atoms with E-state index in [1.807, 2.05) is 12.1 Å². The Hall–Kier alpha value is -2.17. The average molecular weight is 284 g/mol. The quantitative estimate of drug-likeness (QED) is 0.576. The lowest BCUT2D eigenvalue weighted by molar-refractivity contribution is -0.150. The SMILES string of the molecule is COC(=O)[C@H]1C2C=CC3(C2)c2ncccc2N(C)C(=O)[C@H]13. The second-order valence-electron chi connectivity index (χ2n) is 6.06. The van der Waals surface area contributed by atoms with Crippen molar-refractivity contribution in [1.82, 2.24) is 4.98 Å². The molecule has 2 bridgehead atoms. The van der Waals surface area contributed by atoms with Gasteiger partial charge < -0.3 is 9.64 Å². The number of anilines is 1. The monoisotopic (exact) mass is 284 g/mol. The van der Waals surface area contributed by atoms with E-state index in [4.69, 9.17) is 4.74 Å². The number of esters is 1. The molecule has 0 saturated heterocycles. The third-order valence-electron chi connectivity index (χ3n) is 5.25. The van der Waals surface area contributed by atoms with Crippen molar-refractivity contribution in [2.75, 3.05) is 19.1 Å². The summed E-state index contributed by atoms with van der Waals surface area (Å²) >= 11 is 0. The van der Waals surface area contributed by atoms with Crippen molar-refractivity contribution in [2.45, 2.75) is 11.8 Å². The lowest BCUT2D eigenvalue weighted by Gasteiger charge is -2.42. The Morgan fingerprint density at radius 3 is 3.10 bits per heavy atom. The van der Waals surface area contributed by atoms with Gasteiger partial charge in [-0.1, -0.05) is 12.2 Å². The van der Waals surface area contributed by atoms with Crippen LogP contribution in [0.2, 0.25) is 0 Å². The number of ether oxygens (including phenoxy) is 1. The van der Waals surface area contributed by atoms with E-state index in [1.165, 1.54) is 7.11 Å². The van der Waals surface area contributed by atoms with Crippen LogP contribution >= 0.6 is 0 Å². The molecule has 1 amide bonds. The van der Waals surface area contributed by atoms with E-state index in [0.29, 0.717) is 0 Å². The zero-order valence-electron chi connectivity index (χ0n) is 11.9. The Morgan fingerprint density at radius 2 is 2.33 bits per heavy atom. The molecule has 2 unspecified atom stereocenters. The fourth-order valence-electron chi connectivity index (χ4n) is 4.36. The number of allylic oxidation sites excluding steroid dienone is 2. The third-order valence-corrected chi connectivity index (χ3v) is 5.25. The maximum atomic E-state index is 12.8. The van der Waals surface area contributed by atoms with Crippen LogP contribution in [0.25, 0.3) is 0 Å². The zero-order chi connectivity index (χ0) is 14.8. The summed E-state index contributed by atoms with van der Waals surface area (Å²) in [4.78, 5) is 31.2. The number of fused-ring (bicyclic) bond motifs is 2. The van der Waals surface area contributed by atoms with E-state index >= 15 is 0 Å². The zero-order valence-corrected chi connectivity index (χ0v) is 11.9. The number of aromatic nitrogens is 1. The van der Waals surface area contributed by atoms with Crippen molar-refractivity contribution in [3.63, 3.8) is 0 Å². The van der Waals surface area contributed by atoms with Crippen molar-refractivity contribution >= 4 is 17.6 Å². The first-order valence-electron chi connectivity index (χ1n) is 7.10. The van der Waals surface area contributed by atoms with Gasteiger partial charge in [-0.15, -0.1) is 0 Å². The largest absolute Gasteiger partial charge is 0.469 e. The van der Waals surface area contributed by atoms with Crippen molar-refractivity contribution in [1.29, 1.82) is 0 Å². The number of rotatable bonds is 1. The molecule has 5 heteroatoms. The van der Waals surface area contributed by atoms with E-state index in [0.717, 1.165) is 17.8 Å². The number of amides is 1. The summed E-state index contributed by atoms with van der Waals surface area (Å²) in [6, 6.07) is 3.75. The van der Waals surface area contributed by atoms with Gasteiger partial charge in [-0.2, -0.15) is 0 Å². The molecule has 0 aromatic carbocycles. The number of pyridine rings is 1. The number of hydrogen-bond donors (Lipinski definition) is 0. The smallest absolute Gasteiger partial charge is 0.310 e. The predicted molar refractivity (Wildman–Crippen MR) is 75.6 cm³/mol. The Balaban J connectivity index is 1.94. The van der Waals surface area contributed by atoms with Gasteiger partial charge >= 0.3 is 5.97 Å². The molecule has 1 aromatic rings. The molecule has 5 nitrogen and oxygen atoms in total. The summed E-state index contributed by atoms with van der Waals surface area (Å²) in [5.74, 6) is -1.04. The van der Waals surface area contributed by atoms with Gasteiger partial charge in [0.1, 0.15) is 0 Å². The highest BCUT2D eigenvalue weighted by molar-refractivity contribution is 6.02. The molecule has 1 aromatic heterocycles. The van der Waals surface area contributed by atoms with Gasteiger partial charge in [-0.3, -0.25) is 14.6 Å². The van der Waals surface area contributed by atoms with Crippen LogP contribution in [0.3, 0.4) is 0 Å². The predicted octanol–water partition coefficient (Wildman–Crippen LogP) is 1.29. The van der Waals surface area contributed by atoms with Crippen molar-refractivity contribution < 1.29 is 14.3 Å². The van der Waals surface area contributed by atoms with Crippen LogP contribution in [0.1, 0.15) is 12.1 Å². The van der Waals surface area contributed by atoms with Crippen LogP contribution in [0, 0.1) is 17.8 Å². The molecule has 108 valence electrons. The number of methoxy groups -OCH3 is 1. The molecule has 0 radical (unpaired) electrons. The van der Waals surface area contributed by atoms with Gasteiger partial charge in [0.15, 0.2) is 0 Å². The maximum absolute atomic E-state index is 12.8. The summed E-state index contributed by atoms with van der Waals surface area (Å²) in [5, 5.41) is 0. The minimum absolute atomic E-state index is 0.0160. The van der Waals surface area contributed by atoms with Gasteiger partial charge in [-0.25, -0.2) is 0 Å². The minimum Gasteiger partial charge on any atom is -0.469 e. The van der Waals surface area contributed by atoms with E-state index in [2.05, 4.69) is 17.1 Å². The molecule has 1 saturated carbocycles. The topological polar surface area (TPSA) is 59.5 Å². The van der Waals surface area contributed by atoms with Gasteiger partial charge in [0.2, 0.25) is 5.91 Å². The highest BCUT2D eigenvalue weighted by atomic mass is 16.5. The molecule has 3 aliphatic rings. The Kier molecular flexibility index (Phi) is 2.35. The first-order chi connectivity index (χ1) is 10.1. The lowest BCUT2D eigenvalue weighted by Crippen LogP contribution is -2.51. The van der Waals surface area contributed by atoms with E-state index in [1.54, 1.807) is 18.1 Å². The second kappa shape index (κ2) is 3.93. The molecule has 4 rings (SSSR count). The molecular weight excluding hydrogens is 268 g/mol. The fourth-order valence-corrected chi connectivity index (χ4v) is 4.36. The molecule has 2 heterocycles. The first kappa shape index (κ1) is 12.6. The number of nitrogens with zero attached hydrogens (tertiary/aromatic N) is 2. The van der Waals surface area contributed by atoms with Crippen LogP contribution in [-0.4, -0.2) is 31.0 Å². The van der Waals surface area contributed by atoms with Crippen LogP contribution in [0.4, 0.5) is 5.69 Å². The molecule has 1 aliphatic heterocycles. The van der Waals surface area contributed by atoms with Crippen molar-refractivity contribution in [3.05, 3.63) is 36.2 Å². The average Bonchev–Trinajstić information content (AvgIpc) is 3.09. The summed E-state index contributed by atoms with van der Waals surface area (Å²) in [6.07, 6.45) is 6.65. The Labute approximate surface area is 122 Å². The van der Waals surface area contributed by atoms with Crippen LogP contribution < -0.4 is 4.90 Å². The molecule has 0 N–H and O–H groups in total. The van der Waals surface area contributed by atoms with Crippen LogP contribution in [0.5, 0.6) is 0 Å². The van der Waals surface area contributed by atoms with Crippen molar-refractivity contribution in [3.8, 4) is 0 Å². The molecule has 21 heavy (non-hydrogen) atoms. The summed E-state index contributed by atoms with van der Waals surface area (Å²) in [6.45, 7) is 0. The molecule has 1 spiro atoms. The molecule has 4 atom stereocenters. The number of hydrogen-bond acceptors (Lipinski definition) is 4. The van der Waals surface area contributed by atoms with Crippen molar-refractivity contribution in [2.24, 2.45) is 17.8 Å². The molecule has 1 fully saturated rings. The van der Waals surface area contributed by atoms with Gasteiger partial charge in [0.25, 0.3) is 0 Å². The Bertz CT molecular complexity index is 684. The van der Waals surface area contributed by atoms with Gasteiger partial charge in [-0.05, 0) is 24.5 Å². The maximum Gasteiger partial charge on any atom is 0.310 e. The lowest BCUT2D eigenvalue weighted by atomic mass is 9.68. The highest BCUT2D eigenvalue weighted by Gasteiger charge is 2.65. The van der Waals surface area contributed by atoms with Crippen LogP contribution in [0.15, 0.2) is 30.5 Å². The van der Waals surface area contributed by atoms with Crippen LogP contribution in [-0.2, 0) is 19.7 Å². The summed E-state index contributed by atoms with van der Waals surface area (Å²) < 4.78 is 4.94. The summed E-state index contributed by atoms with van der Waals surface area (Å²) in [5.41, 5.74) is 1.31. The third kappa shape index (κ3) is 1.34. The normalized spacial score (nSPS) is 35.6. The van der Waals surface area contributed by atoms with Gasteiger partial charge in [0.05, 0.1) is 30.3 Å².